The molecule has 0 aliphatic heterocycles. The fourth-order valence-electron chi connectivity index (χ4n) is 2.25. The molecule has 0 aromatic heterocycles. The molecule has 1 N–H and O–H groups in total. The van der Waals surface area contributed by atoms with Crippen molar-refractivity contribution in [1.82, 2.24) is 5.32 Å². The van der Waals surface area contributed by atoms with Crippen LogP contribution >= 0.6 is 0 Å². The first kappa shape index (κ1) is 16.7. The number of esters is 1. The summed E-state index contributed by atoms with van der Waals surface area (Å²) in [6, 6.07) is 14.5. The molecule has 0 spiro atoms. The highest BCUT2D eigenvalue weighted by molar-refractivity contribution is 5.85. The van der Waals surface area contributed by atoms with E-state index >= 15 is 0 Å². The zero-order chi connectivity index (χ0) is 16.7. The van der Waals surface area contributed by atoms with Crippen molar-refractivity contribution in [2.75, 3.05) is 7.11 Å². The minimum absolute atomic E-state index is 0.130. The number of hydrogen-bond donors (Lipinski definition) is 1. The van der Waals surface area contributed by atoms with Crippen LogP contribution in [-0.4, -0.2) is 25.0 Å². The highest BCUT2D eigenvalue weighted by atomic mass is 19.1. The molecule has 120 valence electrons. The van der Waals surface area contributed by atoms with Crippen LogP contribution in [0.25, 0.3) is 0 Å². The van der Waals surface area contributed by atoms with Crippen LogP contribution in [0.1, 0.15) is 11.1 Å². The molecule has 0 aliphatic carbocycles. The quantitative estimate of drug-likeness (QED) is 0.832. The first-order valence-corrected chi connectivity index (χ1v) is 7.24. The standard InChI is InChI=1S/C18H18FNO3/c1-23-18(22)16(11-13-7-3-2-4-8-13)20-17(21)12-14-9-5-6-10-15(14)19/h2-10,16H,11-12H2,1H3,(H,20,21)/t16-/m0/s1. The van der Waals surface area contributed by atoms with Crippen LogP contribution < -0.4 is 5.32 Å². The fraction of sp³-hybridized carbons (Fsp3) is 0.222. The van der Waals surface area contributed by atoms with Gasteiger partial charge >= 0.3 is 5.97 Å². The molecule has 0 bridgehead atoms. The predicted octanol–water partition coefficient (Wildman–Crippen LogP) is 2.27. The Bertz CT molecular complexity index is 673. The van der Waals surface area contributed by atoms with Crippen LogP contribution in [-0.2, 0) is 27.2 Å². The first-order chi connectivity index (χ1) is 11.1. The van der Waals surface area contributed by atoms with Gasteiger partial charge in [-0.05, 0) is 17.2 Å². The van der Waals surface area contributed by atoms with Crippen LogP contribution in [0.2, 0.25) is 0 Å². The Kier molecular flexibility index (Phi) is 5.86. The lowest BCUT2D eigenvalue weighted by Gasteiger charge is -2.16. The molecular weight excluding hydrogens is 297 g/mol. The van der Waals surface area contributed by atoms with Crippen molar-refractivity contribution in [3.8, 4) is 0 Å². The molecule has 23 heavy (non-hydrogen) atoms. The van der Waals surface area contributed by atoms with E-state index in [0.717, 1.165) is 5.56 Å². The average Bonchev–Trinajstić information content (AvgIpc) is 2.56. The van der Waals surface area contributed by atoms with E-state index in [9.17, 15) is 14.0 Å². The van der Waals surface area contributed by atoms with Gasteiger partial charge in [0, 0.05) is 6.42 Å². The summed E-state index contributed by atoms with van der Waals surface area (Å²) < 4.78 is 18.3. The molecule has 1 amide bonds. The Morgan fingerprint density at radius 1 is 1.09 bits per heavy atom. The molecular formula is C18H18FNO3. The molecule has 0 fully saturated rings. The highest BCUT2D eigenvalue weighted by Crippen LogP contribution is 2.08. The lowest BCUT2D eigenvalue weighted by Crippen LogP contribution is -2.43. The van der Waals surface area contributed by atoms with E-state index in [-0.39, 0.29) is 12.0 Å². The van der Waals surface area contributed by atoms with E-state index in [0.29, 0.717) is 6.42 Å². The maximum Gasteiger partial charge on any atom is 0.328 e. The zero-order valence-electron chi connectivity index (χ0n) is 12.8. The van der Waals surface area contributed by atoms with Gasteiger partial charge in [0.1, 0.15) is 11.9 Å². The van der Waals surface area contributed by atoms with Gasteiger partial charge in [-0.2, -0.15) is 0 Å². The maximum absolute atomic E-state index is 13.6. The summed E-state index contributed by atoms with van der Waals surface area (Å²) in [7, 11) is 1.27. The van der Waals surface area contributed by atoms with Gasteiger partial charge in [0.2, 0.25) is 5.91 Å². The summed E-state index contributed by atoms with van der Waals surface area (Å²) in [5.74, 6) is -1.41. The molecule has 0 saturated carbocycles. The summed E-state index contributed by atoms with van der Waals surface area (Å²) in [4.78, 5) is 24.0. The number of methoxy groups -OCH3 is 1. The van der Waals surface area contributed by atoms with Crippen molar-refractivity contribution in [2.45, 2.75) is 18.9 Å². The SMILES string of the molecule is COC(=O)[C@H](Cc1ccccc1)NC(=O)Cc1ccccc1F. The fourth-order valence-corrected chi connectivity index (χ4v) is 2.25. The number of benzene rings is 2. The maximum atomic E-state index is 13.6. The molecule has 0 unspecified atom stereocenters. The van der Waals surface area contributed by atoms with Crippen LogP contribution in [0.3, 0.4) is 0 Å². The number of rotatable bonds is 6. The number of halogens is 1. The molecule has 5 heteroatoms. The second-order valence-electron chi connectivity index (χ2n) is 5.10. The Morgan fingerprint density at radius 2 is 1.74 bits per heavy atom. The molecule has 0 radical (unpaired) electrons. The smallest absolute Gasteiger partial charge is 0.328 e. The molecule has 1 atom stereocenters. The molecule has 0 saturated heterocycles. The zero-order valence-corrected chi connectivity index (χ0v) is 12.8. The van der Waals surface area contributed by atoms with Crippen molar-refractivity contribution >= 4 is 11.9 Å². The lowest BCUT2D eigenvalue weighted by molar-refractivity contribution is -0.145. The van der Waals surface area contributed by atoms with E-state index in [1.807, 2.05) is 30.3 Å². The number of carbonyl (C=O) groups is 2. The molecule has 2 aromatic rings. The Balaban J connectivity index is 2.04. The summed E-state index contributed by atoms with van der Waals surface area (Å²) in [5.41, 5.74) is 1.18. The summed E-state index contributed by atoms with van der Waals surface area (Å²) in [6.45, 7) is 0. The summed E-state index contributed by atoms with van der Waals surface area (Å²) >= 11 is 0. The Labute approximate surface area is 134 Å². The third kappa shape index (κ3) is 4.92. The lowest BCUT2D eigenvalue weighted by atomic mass is 10.1. The minimum Gasteiger partial charge on any atom is -0.467 e. The highest BCUT2D eigenvalue weighted by Gasteiger charge is 2.22. The van der Waals surface area contributed by atoms with Crippen molar-refractivity contribution in [3.05, 3.63) is 71.5 Å². The monoisotopic (exact) mass is 315 g/mol. The van der Waals surface area contributed by atoms with Crippen molar-refractivity contribution in [3.63, 3.8) is 0 Å². The number of carbonyl (C=O) groups excluding carboxylic acids is 2. The minimum atomic E-state index is -0.804. The Morgan fingerprint density at radius 3 is 2.39 bits per heavy atom. The molecule has 2 rings (SSSR count). The van der Waals surface area contributed by atoms with Gasteiger partial charge in [-0.15, -0.1) is 0 Å². The normalized spacial score (nSPS) is 11.6. The Hall–Kier alpha value is -2.69. The molecule has 2 aromatic carbocycles. The van der Waals surface area contributed by atoms with E-state index in [1.54, 1.807) is 18.2 Å². The second kappa shape index (κ2) is 8.08. The second-order valence-corrected chi connectivity index (χ2v) is 5.10. The molecule has 0 aliphatic rings. The average molecular weight is 315 g/mol. The number of amides is 1. The number of ether oxygens (including phenoxy) is 1. The number of nitrogens with one attached hydrogen (secondary N) is 1. The van der Waals surface area contributed by atoms with E-state index in [2.05, 4.69) is 5.32 Å². The van der Waals surface area contributed by atoms with Gasteiger partial charge in [-0.1, -0.05) is 48.5 Å². The predicted molar refractivity (Wildman–Crippen MR) is 84.2 cm³/mol. The van der Waals surface area contributed by atoms with Gasteiger partial charge in [-0.3, -0.25) is 4.79 Å². The van der Waals surface area contributed by atoms with Crippen molar-refractivity contribution in [2.24, 2.45) is 0 Å². The van der Waals surface area contributed by atoms with Crippen molar-refractivity contribution < 1.29 is 18.7 Å². The molecule has 4 nitrogen and oxygen atoms in total. The molecule has 0 heterocycles. The third-order valence-corrected chi connectivity index (χ3v) is 3.41. The van der Waals surface area contributed by atoms with Gasteiger partial charge in [0.05, 0.1) is 13.5 Å². The van der Waals surface area contributed by atoms with E-state index in [1.165, 1.54) is 13.2 Å². The van der Waals surface area contributed by atoms with E-state index in [4.69, 9.17) is 4.74 Å². The van der Waals surface area contributed by atoms with Crippen LogP contribution in [0.4, 0.5) is 4.39 Å². The van der Waals surface area contributed by atoms with Crippen LogP contribution in [0.5, 0.6) is 0 Å². The number of hydrogen-bond acceptors (Lipinski definition) is 3. The van der Waals surface area contributed by atoms with Gasteiger partial charge in [0.25, 0.3) is 0 Å². The van der Waals surface area contributed by atoms with Gasteiger partial charge < -0.3 is 10.1 Å². The largest absolute Gasteiger partial charge is 0.467 e. The van der Waals surface area contributed by atoms with E-state index < -0.39 is 23.7 Å². The summed E-state index contributed by atoms with van der Waals surface area (Å²) in [5, 5.41) is 2.61. The topological polar surface area (TPSA) is 55.4 Å². The van der Waals surface area contributed by atoms with Crippen LogP contribution in [0, 0.1) is 5.82 Å². The van der Waals surface area contributed by atoms with Crippen LogP contribution in [0.15, 0.2) is 54.6 Å². The third-order valence-electron chi connectivity index (χ3n) is 3.41. The van der Waals surface area contributed by atoms with Gasteiger partial charge in [0.15, 0.2) is 0 Å². The van der Waals surface area contributed by atoms with Crippen molar-refractivity contribution in [1.29, 1.82) is 0 Å². The summed E-state index contributed by atoms with van der Waals surface area (Å²) in [6.07, 6.45) is 0.186. The first-order valence-electron chi connectivity index (χ1n) is 7.24. The van der Waals surface area contributed by atoms with Gasteiger partial charge in [-0.25, -0.2) is 9.18 Å².